The van der Waals surface area contributed by atoms with Gasteiger partial charge in [0.25, 0.3) is 0 Å². The van der Waals surface area contributed by atoms with Gasteiger partial charge >= 0.3 is 12.1 Å². The van der Waals surface area contributed by atoms with Crippen molar-refractivity contribution in [1.29, 1.82) is 0 Å². The fourth-order valence-corrected chi connectivity index (χ4v) is 8.38. The average molecular weight is 535 g/mol. The van der Waals surface area contributed by atoms with Gasteiger partial charge in [0, 0.05) is 10.8 Å². The standard InChI is InChI=1S/C28H35ClO8/c1-4-35-24(34)37-27(22(32)15-36-23(33)16-5-6-16)12-10-19-20-8-7-17-13-18(30)9-11-25(17,2)28(20,29)21(31)14-26(19,27)3/h9,11,13,16,19-21,31H,4-8,10,12,14-15H2,1-3H3/t19-,20-,21?,25-,26-,27-,28-/m0/s1. The van der Waals surface area contributed by atoms with Crippen molar-refractivity contribution in [1.82, 2.24) is 0 Å². The smallest absolute Gasteiger partial charge is 0.457 e. The largest absolute Gasteiger partial charge is 0.509 e. The van der Waals surface area contributed by atoms with E-state index < -0.39 is 51.9 Å². The molecule has 0 bridgehead atoms. The summed E-state index contributed by atoms with van der Waals surface area (Å²) in [5.41, 5.74) is -2.41. The molecule has 0 spiro atoms. The molecule has 7 atom stereocenters. The number of esters is 1. The first-order valence-corrected chi connectivity index (χ1v) is 13.7. The Morgan fingerprint density at radius 2 is 1.84 bits per heavy atom. The first-order valence-electron chi connectivity index (χ1n) is 13.3. The minimum atomic E-state index is -1.62. The van der Waals surface area contributed by atoms with Gasteiger partial charge in [0.05, 0.1) is 23.5 Å². The highest BCUT2D eigenvalue weighted by Crippen LogP contribution is 2.71. The molecule has 1 N–H and O–H groups in total. The molecule has 9 heteroatoms. The summed E-state index contributed by atoms with van der Waals surface area (Å²) in [7, 11) is 0. The number of Topliss-reactive ketones (excluding diaryl/α,β-unsaturated/α-hetero) is 1. The number of carbonyl (C=O) groups excluding carboxylic acids is 4. The third-order valence-electron chi connectivity index (χ3n) is 9.99. The lowest BCUT2D eigenvalue weighted by Crippen LogP contribution is -2.69. The van der Waals surface area contributed by atoms with Gasteiger partial charge in [-0.1, -0.05) is 25.5 Å². The van der Waals surface area contributed by atoms with Crippen LogP contribution in [0.5, 0.6) is 0 Å². The fraction of sp³-hybridized carbons (Fsp3) is 0.714. The minimum Gasteiger partial charge on any atom is -0.457 e. The molecule has 0 radical (unpaired) electrons. The van der Waals surface area contributed by atoms with E-state index in [1.165, 1.54) is 6.08 Å². The van der Waals surface area contributed by atoms with Crippen LogP contribution in [0.3, 0.4) is 0 Å². The van der Waals surface area contributed by atoms with Crippen LogP contribution in [0.4, 0.5) is 4.79 Å². The Morgan fingerprint density at radius 1 is 1.11 bits per heavy atom. The van der Waals surface area contributed by atoms with Gasteiger partial charge < -0.3 is 19.3 Å². The van der Waals surface area contributed by atoms with Gasteiger partial charge in [-0.15, -0.1) is 11.6 Å². The molecule has 0 amide bonds. The quantitative estimate of drug-likeness (QED) is 0.400. The highest BCUT2D eigenvalue weighted by molar-refractivity contribution is 6.26. The molecule has 0 saturated heterocycles. The Hall–Kier alpha value is -2.19. The number of rotatable bonds is 6. The topological polar surface area (TPSA) is 116 Å². The van der Waals surface area contributed by atoms with Gasteiger partial charge in [0.2, 0.25) is 5.78 Å². The summed E-state index contributed by atoms with van der Waals surface area (Å²) in [5, 5.41) is 11.8. The number of halogens is 1. The highest BCUT2D eigenvalue weighted by Gasteiger charge is 2.74. The van der Waals surface area contributed by atoms with Crippen LogP contribution in [0.2, 0.25) is 0 Å². The second-order valence-corrected chi connectivity index (χ2v) is 12.3. The van der Waals surface area contributed by atoms with E-state index in [9.17, 15) is 24.3 Å². The summed E-state index contributed by atoms with van der Waals surface area (Å²) in [5.74, 6) is -1.54. The Balaban J connectivity index is 1.51. The molecule has 37 heavy (non-hydrogen) atoms. The Labute approximate surface area is 221 Å². The van der Waals surface area contributed by atoms with Crippen molar-refractivity contribution in [3.8, 4) is 0 Å². The van der Waals surface area contributed by atoms with E-state index in [-0.39, 0.29) is 43.0 Å². The molecule has 0 aromatic heterocycles. The zero-order chi connectivity index (χ0) is 26.8. The van der Waals surface area contributed by atoms with Crippen molar-refractivity contribution in [2.45, 2.75) is 82.3 Å². The third kappa shape index (κ3) is 3.73. The lowest BCUT2D eigenvalue weighted by molar-refractivity contribution is -0.182. The number of allylic oxidation sites excluding steroid dienone is 4. The molecule has 4 saturated carbocycles. The average Bonchev–Trinajstić information content (AvgIpc) is 3.65. The normalized spacial score (nSPS) is 42.1. The molecule has 0 aliphatic heterocycles. The van der Waals surface area contributed by atoms with Gasteiger partial charge in [-0.05, 0) is 75.9 Å². The fourth-order valence-electron chi connectivity index (χ4n) is 7.86. The predicted molar refractivity (Wildman–Crippen MR) is 133 cm³/mol. The maximum Gasteiger partial charge on any atom is 0.509 e. The number of aliphatic hydroxyl groups excluding tert-OH is 1. The van der Waals surface area contributed by atoms with Crippen LogP contribution in [0.25, 0.3) is 0 Å². The molecular formula is C28H35ClO8. The number of aliphatic hydroxyl groups is 1. The van der Waals surface area contributed by atoms with E-state index >= 15 is 0 Å². The first-order chi connectivity index (χ1) is 17.4. The first kappa shape index (κ1) is 26.4. The molecule has 5 rings (SSSR count). The van der Waals surface area contributed by atoms with Gasteiger partial charge in [0.15, 0.2) is 18.0 Å². The second kappa shape index (κ2) is 8.94. The Bertz CT molecular complexity index is 1090. The van der Waals surface area contributed by atoms with Crippen molar-refractivity contribution in [3.05, 3.63) is 23.8 Å². The van der Waals surface area contributed by atoms with Crippen molar-refractivity contribution in [3.63, 3.8) is 0 Å². The van der Waals surface area contributed by atoms with Gasteiger partial charge in [0.1, 0.15) is 0 Å². The molecule has 202 valence electrons. The zero-order valence-corrected chi connectivity index (χ0v) is 22.3. The van der Waals surface area contributed by atoms with Crippen LogP contribution in [0.15, 0.2) is 23.8 Å². The zero-order valence-electron chi connectivity index (χ0n) is 21.6. The van der Waals surface area contributed by atoms with Crippen LogP contribution >= 0.6 is 11.6 Å². The van der Waals surface area contributed by atoms with Crippen molar-refractivity contribution in [2.24, 2.45) is 28.6 Å². The molecule has 0 aromatic carbocycles. The van der Waals surface area contributed by atoms with Crippen LogP contribution < -0.4 is 0 Å². The molecule has 4 fully saturated rings. The molecule has 0 aromatic rings. The van der Waals surface area contributed by atoms with Crippen LogP contribution in [-0.2, 0) is 28.6 Å². The van der Waals surface area contributed by atoms with E-state index in [0.717, 1.165) is 18.4 Å². The second-order valence-electron chi connectivity index (χ2n) is 11.7. The summed E-state index contributed by atoms with van der Waals surface area (Å²) in [6.07, 6.45) is 6.57. The van der Waals surface area contributed by atoms with Crippen molar-refractivity contribution < 1.29 is 38.5 Å². The van der Waals surface area contributed by atoms with E-state index in [1.807, 2.05) is 19.9 Å². The number of hydrogen-bond donors (Lipinski definition) is 1. The highest BCUT2D eigenvalue weighted by atomic mass is 35.5. The lowest BCUT2D eigenvalue weighted by Gasteiger charge is -2.63. The van der Waals surface area contributed by atoms with Crippen LogP contribution in [-0.4, -0.2) is 58.6 Å². The summed E-state index contributed by atoms with van der Waals surface area (Å²) >= 11 is 7.45. The van der Waals surface area contributed by atoms with Crippen molar-refractivity contribution in [2.75, 3.05) is 13.2 Å². The molecule has 8 nitrogen and oxygen atoms in total. The maximum atomic E-state index is 13.8. The molecule has 0 heterocycles. The monoisotopic (exact) mass is 534 g/mol. The lowest BCUT2D eigenvalue weighted by atomic mass is 9.45. The number of ketones is 2. The van der Waals surface area contributed by atoms with E-state index in [4.69, 9.17) is 25.8 Å². The SMILES string of the molecule is CCOC(=O)O[C@]1(C(=O)COC(=O)C2CC2)CC[C@H]2[C@@H]3CCC4=CC(=O)C=C[C@]4(C)[C@@]3(Cl)C(O)C[C@@]21C. The van der Waals surface area contributed by atoms with Gasteiger partial charge in [-0.2, -0.15) is 0 Å². The molecule has 5 aliphatic carbocycles. The minimum absolute atomic E-state index is 0.0779. The van der Waals surface area contributed by atoms with Crippen LogP contribution in [0, 0.1) is 28.6 Å². The van der Waals surface area contributed by atoms with E-state index in [1.54, 1.807) is 13.0 Å². The summed E-state index contributed by atoms with van der Waals surface area (Å²) < 4.78 is 16.3. The molecule has 5 aliphatic rings. The summed E-state index contributed by atoms with van der Waals surface area (Å²) in [6, 6.07) is 0. The third-order valence-corrected chi connectivity index (χ3v) is 10.9. The Morgan fingerprint density at radius 3 is 2.51 bits per heavy atom. The number of ether oxygens (including phenoxy) is 3. The molecular weight excluding hydrogens is 500 g/mol. The number of carbonyl (C=O) groups is 4. The number of fused-ring (bicyclic) bond motifs is 5. The number of alkyl halides is 1. The van der Waals surface area contributed by atoms with Gasteiger partial charge in [-0.25, -0.2) is 4.79 Å². The van der Waals surface area contributed by atoms with Crippen LogP contribution in [0.1, 0.15) is 65.7 Å². The Kier molecular flexibility index (Phi) is 6.38. The van der Waals surface area contributed by atoms with E-state index in [2.05, 4.69) is 0 Å². The summed E-state index contributed by atoms with van der Waals surface area (Å²) in [6.45, 7) is 5.06. The van der Waals surface area contributed by atoms with Gasteiger partial charge in [-0.3, -0.25) is 14.4 Å². The van der Waals surface area contributed by atoms with E-state index in [0.29, 0.717) is 19.3 Å². The predicted octanol–water partition coefficient (Wildman–Crippen LogP) is 4.06. The molecule has 1 unspecified atom stereocenters. The van der Waals surface area contributed by atoms with Crippen molar-refractivity contribution >= 4 is 35.3 Å². The number of hydrogen-bond acceptors (Lipinski definition) is 8. The summed E-state index contributed by atoms with van der Waals surface area (Å²) in [4.78, 5) is 49.6. The maximum absolute atomic E-state index is 13.8.